The summed E-state index contributed by atoms with van der Waals surface area (Å²) in [6, 6.07) is 13.1. The summed E-state index contributed by atoms with van der Waals surface area (Å²) >= 11 is 0. The van der Waals surface area contributed by atoms with Gasteiger partial charge in [-0.3, -0.25) is 9.98 Å². The third-order valence-electron chi connectivity index (χ3n) is 4.84. The number of ether oxygens (including phenoxy) is 1. The van der Waals surface area contributed by atoms with E-state index in [-0.39, 0.29) is 0 Å². The van der Waals surface area contributed by atoms with Crippen LogP contribution in [0.2, 0.25) is 0 Å². The molecule has 3 rings (SSSR count). The number of rotatable bonds is 7. The van der Waals surface area contributed by atoms with Gasteiger partial charge in [0, 0.05) is 37.5 Å². The van der Waals surface area contributed by atoms with E-state index < -0.39 is 5.54 Å². The smallest absolute Gasteiger partial charge is 0.218 e. The molecule has 0 saturated carbocycles. The number of allylic oxidation sites excluding steroid dienone is 3. The average molecular weight is 427 g/mol. The summed E-state index contributed by atoms with van der Waals surface area (Å²) in [6.45, 7) is 7.54. The van der Waals surface area contributed by atoms with Crippen LogP contribution in [0.3, 0.4) is 0 Å². The van der Waals surface area contributed by atoms with E-state index in [1.807, 2.05) is 38.1 Å². The summed E-state index contributed by atoms with van der Waals surface area (Å²) in [5.41, 5.74) is 9.91. The van der Waals surface area contributed by atoms with Crippen LogP contribution >= 0.6 is 0 Å². The van der Waals surface area contributed by atoms with Gasteiger partial charge < -0.3 is 10.5 Å². The molecule has 0 spiro atoms. The summed E-state index contributed by atoms with van der Waals surface area (Å²) in [4.78, 5) is 8.84. The monoisotopic (exact) mass is 426 g/mol. The Morgan fingerprint density at radius 2 is 2.06 bits per heavy atom. The van der Waals surface area contributed by atoms with Crippen LogP contribution in [0.5, 0.6) is 11.6 Å². The zero-order chi connectivity index (χ0) is 23.3. The predicted octanol–water partition coefficient (Wildman–Crippen LogP) is 4.50. The number of hydrogen-bond acceptors (Lipinski definition) is 6. The van der Waals surface area contributed by atoms with Crippen molar-refractivity contribution in [2.24, 2.45) is 17.8 Å². The van der Waals surface area contributed by atoms with Crippen molar-refractivity contribution in [3.8, 4) is 29.0 Å². The molecule has 0 saturated heterocycles. The zero-order valence-corrected chi connectivity index (χ0v) is 18.7. The minimum atomic E-state index is -0.487. The Hall–Kier alpha value is -4.02. The molecule has 0 aliphatic carbocycles. The van der Waals surface area contributed by atoms with Crippen LogP contribution < -0.4 is 10.5 Å². The van der Waals surface area contributed by atoms with Crippen LogP contribution in [0.1, 0.15) is 30.7 Å². The van der Waals surface area contributed by atoms with Crippen molar-refractivity contribution < 1.29 is 4.74 Å². The fourth-order valence-electron chi connectivity index (χ4n) is 3.04. The van der Waals surface area contributed by atoms with Crippen molar-refractivity contribution in [2.45, 2.75) is 19.4 Å². The Morgan fingerprint density at radius 1 is 1.28 bits per heavy atom. The van der Waals surface area contributed by atoms with Gasteiger partial charge in [-0.2, -0.15) is 10.4 Å². The second kappa shape index (κ2) is 9.41. The Labute approximate surface area is 188 Å². The lowest BCUT2D eigenvalue weighted by Crippen LogP contribution is -2.28. The maximum Gasteiger partial charge on any atom is 0.218 e. The van der Waals surface area contributed by atoms with Crippen molar-refractivity contribution in [2.75, 3.05) is 7.05 Å². The molecule has 7 heteroatoms. The molecule has 0 aliphatic heterocycles. The van der Waals surface area contributed by atoms with Gasteiger partial charge in [-0.25, -0.2) is 4.68 Å². The predicted molar refractivity (Wildman–Crippen MR) is 127 cm³/mol. The molecular weight excluding hydrogens is 400 g/mol. The highest BCUT2D eigenvalue weighted by atomic mass is 16.5. The summed E-state index contributed by atoms with van der Waals surface area (Å²) in [6.07, 6.45) is 7.06. The fraction of sp³-hybridized carbons (Fsp3) is 0.200. The average Bonchev–Trinajstić information content (AvgIpc) is 3.13. The molecule has 2 aromatic heterocycles. The van der Waals surface area contributed by atoms with Gasteiger partial charge >= 0.3 is 0 Å². The number of aromatic nitrogens is 3. The van der Waals surface area contributed by atoms with Gasteiger partial charge in [0.15, 0.2) is 0 Å². The molecule has 0 bridgehead atoms. The largest absolute Gasteiger partial charge is 0.439 e. The topological polar surface area (TPSA) is 102 Å². The van der Waals surface area contributed by atoms with Crippen molar-refractivity contribution in [3.63, 3.8) is 0 Å². The highest BCUT2D eigenvalue weighted by molar-refractivity contribution is 6.07. The first-order chi connectivity index (χ1) is 15.3. The van der Waals surface area contributed by atoms with Crippen molar-refractivity contribution in [3.05, 3.63) is 84.2 Å². The van der Waals surface area contributed by atoms with Gasteiger partial charge in [0.05, 0.1) is 23.0 Å². The number of aliphatic imine (C=N–C) groups is 1. The summed E-state index contributed by atoms with van der Waals surface area (Å²) in [5.74, 6) is 1.01. The van der Waals surface area contributed by atoms with Crippen molar-refractivity contribution >= 4 is 5.71 Å². The number of hydrogen-bond donors (Lipinski definition) is 1. The van der Waals surface area contributed by atoms with Crippen LogP contribution in [-0.2, 0) is 12.6 Å². The second-order valence-electron chi connectivity index (χ2n) is 7.77. The molecule has 3 aromatic rings. The number of pyridine rings is 1. The summed E-state index contributed by atoms with van der Waals surface area (Å²) in [7, 11) is 3.48. The standard InChI is InChI=1S/C25H26N6O/c1-6-7-8-21(28-4)22-14-24(31(5)30-22)32-23-13-17(15-26)9-11-19(23)20-12-10-18(16-29-20)25(2,3)27/h6-14,16H,1,27H2,2-5H3/b8-7-,28-21+. The Bertz CT molecular complexity index is 1220. The molecule has 0 unspecified atom stereocenters. The molecule has 2 N–H and O–H groups in total. The molecule has 1 aromatic carbocycles. The van der Waals surface area contributed by atoms with E-state index in [0.29, 0.717) is 34.3 Å². The normalized spacial score (nSPS) is 12.1. The molecule has 162 valence electrons. The Morgan fingerprint density at radius 3 is 2.66 bits per heavy atom. The Kier molecular flexibility index (Phi) is 6.67. The highest BCUT2D eigenvalue weighted by Crippen LogP contribution is 2.34. The molecule has 0 aliphatic rings. The lowest BCUT2D eigenvalue weighted by atomic mass is 9.96. The van der Waals surface area contributed by atoms with E-state index in [1.165, 1.54) is 0 Å². The molecule has 0 amide bonds. The molecule has 2 heterocycles. The minimum absolute atomic E-state index is 0.482. The van der Waals surface area contributed by atoms with Crippen LogP contribution in [-0.4, -0.2) is 27.5 Å². The van der Waals surface area contributed by atoms with Gasteiger partial charge in [-0.15, -0.1) is 0 Å². The van der Waals surface area contributed by atoms with Gasteiger partial charge in [-0.1, -0.05) is 24.8 Å². The maximum atomic E-state index is 9.38. The summed E-state index contributed by atoms with van der Waals surface area (Å²) < 4.78 is 7.82. The number of nitrogens with zero attached hydrogens (tertiary/aromatic N) is 5. The third kappa shape index (κ3) is 4.99. The van der Waals surface area contributed by atoms with E-state index in [9.17, 15) is 5.26 Å². The summed E-state index contributed by atoms with van der Waals surface area (Å²) in [5, 5.41) is 13.9. The zero-order valence-electron chi connectivity index (χ0n) is 18.7. The molecular formula is C25H26N6O. The molecule has 0 atom stereocenters. The van der Waals surface area contributed by atoms with E-state index in [4.69, 9.17) is 10.5 Å². The fourth-order valence-corrected chi connectivity index (χ4v) is 3.04. The SMILES string of the molecule is C=C/C=C\C(=N/C)c1cc(Oc2cc(C#N)ccc2-c2ccc(C(C)(C)N)cn2)n(C)n1. The quantitative estimate of drug-likeness (QED) is 0.443. The van der Waals surface area contributed by atoms with E-state index >= 15 is 0 Å². The number of benzene rings is 1. The highest BCUT2D eigenvalue weighted by Gasteiger charge is 2.17. The van der Waals surface area contributed by atoms with Crippen molar-refractivity contribution in [1.82, 2.24) is 14.8 Å². The maximum absolute atomic E-state index is 9.38. The molecule has 7 nitrogen and oxygen atoms in total. The third-order valence-corrected chi connectivity index (χ3v) is 4.84. The van der Waals surface area contributed by atoms with Gasteiger partial charge in [0.2, 0.25) is 5.88 Å². The minimum Gasteiger partial charge on any atom is -0.439 e. The lowest BCUT2D eigenvalue weighted by Gasteiger charge is -2.19. The molecule has 32 heavy (non-hydrogen) atoms. The lowest BCUT2D eigenvalue weighted by molar-refractivity contribution is 0.432. The van der Waals surface area contributed by atoms with Crippen LogP contribution in [0.15, 0.2) is 72.4 Å². The first-order valence-electron chi connectivity index (χ1n) is 10.0. The van der Waals surface area contributed by atoms with Crippen LogP contribution in [0, 0.1) is 11.3 Å². The Balaban J connectivity index is 2.01. The van der Waals surface area contributed by atoms with Crippen LogP contribution in [0.25, 0.3) is 11.3 Å². The van der Waals surface area contributed by atoms with E-state index in [2.05, 4.69) is 27.7 Å². The van der Waals surface area contributed by atoms with Gasteiger partial charge in [0.25, 0.3) is 0 Å². The first kappa shape index (κ1) is 22.7. The van der Waals surface area contributed by atoms with Gasteiger partial charge in [-0.05, 0) is 49.8 Å². The molecule has 0 radical (unpaired) electrons. The molecule has 0 fully saturated rings. The number of nitrogens with two attached hydrogens (primary N) is 1. The van der Waals surface area contributed by atoms with Gasteiger partial charge in [0.1, 0.15) is 11.4 Å². The number of aryl methyl sites for hydroxylation is 1. The number of nitriles is 1. The van der Waals surface area contributed by atoms with Crippen molar-refractivity contribution in [1.29, 1.82) is 5.26 Å². The first-order valence-corrected chi connectivity index (χ1v) is 10.0. The van der Waals surface area contributed by atoms with Crippen LogP contribution in [0.4, 0.5) is 0 Å². The van der Waals surface area contributed by atoms with E-state index in [1.54, 1.807) is 55.3 Å². The van der Waals surface area contributed by atoms with E-state index in [0.717, 1.165) is 11.1 Å². The second-order valence-corrected chi connectivity index (χ2v) is 7.77.